The van der Waals surface area contributed by atoms with Crippen LogP contribution in [0.2, 0.25) is 0 Å². The maximum atomic E-state index is 11.6. The molecular weight excluding hydrogens is 346 g/mol. The Kier molecular flexibility index (Phi) is 3.70. The third kappa shape index (κ3) is 2.33. The Labute approximate surface area is 110 Å². The molecule has 1 aromatic rings. The molecule has 0 amide bonds. The summed E-state index contributed by atoms with van der Waals surface area (Å²) in [4.78, 5) is 25.0. The van der Waals surface area contributed by atoms with Gasteiger partial charge in [0, 0.05) is 12.1 Å². The van der Waals surface area contributed by atoms with E-state index in [0.29, 0.717) is 9.45 Å². The van der Waals surface area contributed by atoms with Crippen molar-refractivity contribution in [2.45, 2.75) is 25.2 Å². The minimum atomic E-state index is -0.439. The zero-order valence-corrected chi connectivity index (χ0v) is 11.2. The molecule has 7 heteroatoms. The molecule has 1 saturated heterocycles. The van der Waals surface area contributed by atoms with Crippen LogP contribution in [0.1, 0.15) is 19.1 Å². The fourth-order valence-electron chi connectivity index (χ4n) is 1.68. The molecule has 2 heterocycles. The van der Waals surface area contributed by atoms with Crippen LogP contribution in [-0.2, 0) is 4.74 Å². The first-order valence-corrected chi connectivity index (χ1v) is 6.45. The first-order valence-electron chi connectivity index (χ1n) is 4.84. The average molecular weight is 357 g/mol. The zero-order valence-electron chi connectivity index (χ0n) is 8.28. The van der Waals surface area contributed by atoms with E-state index < -0.39 is 5.69 Å². The highest BCUT2D eigenvalue weighted by molar-refractivity contribution is 14.1. The number of halogens is 2. The lowest BCUT2D eigenvalue weighted by atomic mass is 10.2. The molecule has 0 radical (unpaired) electrons. The first-order chi connectivity index (χ1) is 7.61. The number of aromatic nitrogens is 2. The Morgan fingerprint density at radius 1 is 1.56 bits per heavy atom. The van der Waals surface area contributed by atoms with Crippen LogP contribution in [0.25, 0.3) is 0 Å². The van der Waals surface area contributed by atoms with Gasteiger partial charge in [-0.05, 0) is 35.4 Å². The third-order valence-corrected chi connectivity index (χ3v) is 3.60. The van der Waals surface area contributed by atoms with E-state index >= 15 is 0 Å². The molecule has 1 aliphatic rings. The van der Waals surface area contributed by atoms with Crippen molar-refractivity contribution in [1.29, 1.82) is 0 Å². The molecule has 0 saturated carbocycles. The third-order valence-electron chi connectivity index (χ3n) is 2.49. The number of hydrogen-bond acceptors (Lipinski definition) is 3. The molecule has 1 N–H and O–H groups in total. The molecule has 2 atom stereocenters. The van der Waals surface area contributed by atoms with Gasteiger partial charge in [-0.15, -0.1) is 11.6 Å². The summed E-state index contributed by atoms with van der Waals surface area (Å²) in [5.41, 5.74) is -0.806. The van der Waals surface area contributed by atoms with Crippen molar-refractivity contribution in [3.8, 4) is 0 Å². The van der Waals surface area contributed by atoms with Gasteiger partial charge in [-0.1, -0.05) is 0 Å². The van der Waals surface area contributed by atoms with Crippen molar-refractivity contribution < 1.29 is 4.74 Å². The van der Waals surface area contributed by atoms with Gasteiger partial charge >= 0.3 is 5.69 Å². The van der Waals surface area contributed by atoms with Crippen LogP contribution >= 0.6 is 34.2 Å². The fourth-order valence-corrected chi connectivity index (χ4v) is 2.34. The normalized spacial score (nSPS) is 24.9. The van der Waals surface area contributed by atoms with Gasteiger partial charge in [0.2, 0.25) is 0 Å². The summed E-state index contributed by atoms with van der Waals surface area (Å²) < 4.78 is 7.46. The Morgan fingerprint density at radius 2 is 2.31 bits per heavy atom. The lowest BCUT2D eigenvalue weighted by Gasteiger charge is -2.14. The average Bonchev–Trinajstić information content (AvgIpc) is 2.71. The highest BCUT2D eigenvalue weighted by Crippen LogP contribution is 2.27. The van der Waals surface area contributed by atoms with Gasteiger partial charge in [-0.25, -0.2) is 4.79 Å². The van der Waals surface area contributed by atoms with Gasteiger partial charge in [0.25, 0.3) is 5.56 Å². The standard InChI is InChI=1S/C9H10ClIN2O3/c10-3-5-1-2-7(16-5)13-4-6(11)8(14)12-9(13)15/h4-5,7H,1-3H2,(H,12,14,15)/t5-,7-/m1/s1. The number of aromatic amines is 1. The van der Waals surface area contributed by atoms with E-state index in [4.69, 9.17) is 16.3 Å². The molecule has 0 unspecified atom stereocenters. The molecule has 2 rings (SSSR count). The summed E-state index contributed by atoms with van der Waals surface area (Å²) in [6, 6.07) is 0. The molecule has 0 aromatic carbocycles. The summed E-state index contributed by atoms with van der Waals surface area (Å²) in [7, 11) is 0. The van der Waals surface area contributed by atoms with Crippen molar-refractivity contribution >= 4 is 34.2 Å². The number of rotatable bonds is 2. The van der Waals surface area contributed by atoms with Gasteiger partial charge in [0.05, 0.1) is 9.67 Å². The summed E-state index contributed by atoms with van der Waals surface area (Å²) in [6.07, 6.45) is 2.75. The van der Waals surface area contributed by atoms with Gasteiger partial charge in [0.15, 0.2) is 0 Å². The van der Waals surface area contributed by atoms with E-state index in [-0.39, 0.29) is 17.9 Å². The molecule has 1 aliphatic heterocycles. The number of nitrogens with one attached hydrogen (secondary N) is 1. The van der Waals surface area contributed by atoms with E-state index in [1.807, 2.05) is 22.6 Å². The highest BCUT2D eigenvalue weighted by atomic mass is 127. The van der Waals surface area contributed by atoms with E-state index in [9.17, 15) is 9.59 Å². The zero-order chi connectivity index (χ0) is 11.7. The summed E-state index contributed by atoms with van der Waals surface area (Å²) >= 11 is 7.57. The fraction of sp³-hybridized carbons (Fsp3) is 0.556. The molecule has 0 bridgehead atoms. The minimum Gasteiger partial charge on any atom is -0.353 e. The van der Waals surface area contributed by atoms with Crippen molar-refractivity contribution in [3.05, 3.63) is 30.6 Å². The lowest BCUT2D eigenvalue weighted by Crippen LogP contribution is -2.33. The first kappa shape index (κ1) is 12.1. The second kappa shape index (κ2) is 4.89. The number of H-pyrrole nitrogens is 1. The minimum absolute atomic E-state index is 0.0110. The van der Waals surface area contributed by atoms with Crippen LogP contribution in [0.5, 0.6) is 0 Å². The molecule has 0 spiro atoms. The maximum absolute atomic E-state index is 11.6. The van der Waals surface area contributed by atoms with Gasteiger partial charge in [-0.3, -0.25) is 14.3 Å². The predicted molar refractivity (Wildman–Crippen MR) is 67.9 cm³/mol. The Morgan fingerprint density at radius 3 is 2.94 bits per heavy atom. The van der Waals surface area contributed by atoms with Crippen LogP contribution in [0.15, 0.2) is 15.8 Å². The van der Waals surface area contributed by atoms with E-state index in [0.717, 1.165) is 12.8 Å². The van der Waals surface area contributed by atoms with Crippen LogP contribution in [0.4, 0.5) is 0 Å². The second-order valence-corrected chi connectivity index (χ2v) is 5.06. The summed E-state index contributed by atoms with van der Waals surface area (Å²) in [5.74, 6) is 0.422. The highest BCUT2D eigenvalue weighted by Gasteiger charge is 2.26. The van der Waals surface area contributed by atoms with Crippen molar-refractivity contribution in [2.75, 3.05) is 5.88 Å². The van der Waals surface area contributed by atoms with Gasteiger partial charge in [-0.2, -0.15) is 0 Å². The van der Waals surface area contributed by atoms with Crippen LogP contribution in [-0.4, -0.2) is 21.5 Å². The predicted octanol–water partition coefficient (Wildman–Crippen LogP) is 1.06. The Balaban J connectivity index is 2.32. The molecule has 16 heavy (non-hydrogen) atoms. The monoisotopic (exact) mass is 356 g/mol. The molecular formula is C9H10ClIN2O3. The maximum Gasteiger partial charge on any atom is 0.330 e. The lowest BCUT2D eigenvalue weighted by molar-refractivity contribution is 0.00930. The molecule has 5 nitrogen and oxygen atoms in total. The molecule has 1 fully saturated rings. The van der Waals surface area contributed by atoms with Crippen molar-refractivity contribution in [2.24, 2.45) is 0 Å². The van der Waals surface area contributed by atoms with Crippen LogP contribution in [0, 0.1) is 3.57 Å². The SMILES string of the molecule is O=c1[nH]c(=O)n([C@H]2CC[C@H](CCl)O2)cc1I. The Bertz CT molecular complexity index is 498. The van der Waals surface area contributed by atoms with Crippen LogP contribution < -0.4 is 11.2 Å². The number of alkyl halides is 1. The van der Waals surface area contributed by atoms with E-state index in [1.54, 1.807) is 0 Å². The number of ether oxygens (including phenoxy) is 1. The smallest absolute Gasteiger partial charge is 0.330 e. The van der Waals surface area contributed by atoms with E-state index in [1.165, 1.54) is 10.8 Å². The van der Waals surface area contributed by atoms with Crippen LogP contribution in [0.3, 0.4) is 0 Å². The topological polar surface area (TPSA) is 64.1 Å². The molecule has 0 aliphatic carbocycles. The summed E-state index contributed by atoms with van der Waals surface area (Å²) in [5, 5.41) is 0. The van der Waals surface area contributed by atoms with Gasteiger partial charge in [0.1, 0.15) is 6.23 Å². The number of nitrogens with zero attached hydrogens (tertiary/aromatic N) is 1. The molecule has 88 valence electrons. The molecule has 1 aromatic heterocycles. The largest absolute Gasteiger partial charge is 0.353 e. The Hall–Kier alpha value is -0.340. The number of hydrogen-bond donors (Lipinski definition) is 1. The van der Waals surface area contributed by atoms with Crippen molar-refractivity contribution in [3.63, 3.8) is 0 Å². The second-order valence-electron chi connectivity index (χ2n) is 3.59. The van der Waals surface area contributed by atoms with Gasteiger partial charge < -0.3 is 4.74 Å². The quantitative estimate of drug-likeness (QED) is 0.636. The van der Waals surface area contributed by atoms with Crippen molar-refractivity contribution in [1.82, 2.24) is 9.55 Å². The van der Waals surface area contributed by atoms with E-state index in [2.05, 4.69) is 4.98 Å². The summed E-state index contributed by atoms with van der Waals surface area (Å²) in [6.45, 7) is 0.